The molecule has 1 aliphatic rings. The Hall–Kier alpha value is -0.930. The van der Waals surface area contributed by atoms with Gasteiger partial charge in [-0.05, 0) is 30.4 Å². The van der Waals surface area contributed by atoms with E-state index in [1.165, 1.54) is 6.07 Å². The van der Waals surface area contributed by atoms with Gasteiger partial charge in [0.2, 0.25) is 0 Å². The first-order valence-corrected chi connectivity index (χ1v) is 5.31. The molecule has 0 aromatic heterocycles. The van der Waals surface area contributed by atoms with Crippen LogP contribution in [0.3, 0.4) is 0 Å². The summed E-state index contributed by atoms with van der Waals surface area (Å²) in [6.45, 7) is 0.200. The zero-order valence-electron chi connectivity index (χ0n) is 8.62. The van der Waals surface area contributed by atoms with E-state index in [1.54, 1.807) is 18.2 Å². The van der Waals surface area contributed by atoms with E-state index < -0.39 is 5.60 Å². The smallest absolute Gasteiger partial charge is 0.126 e. The van der Waals surface area contributed by atoms with Gasteiger partial charge in [0.15, 0.2) is 0 Å². The molecule has 0 saturated heterocycles. The van der Waals surface area contributed by atoms with E-state index in [1.807, 2.05) is 0 Å². The van der Waals surface area contributed by atoms with Crippen molar-refractivity contribution in [3.63, 3.8) is 0 Å². The molecule has 0 amide bonds. The monoisotopic (exact) mass is 209 g/mol. The molecule has 1 unspecified atom stereocenters. The normalized spacial score (nSPS) is 19.9. The van der Waals surface area contributed by atoms with Gasteiger partial charge >= 0.3 is 0 Å². The second-order valence-electron chi connectivity index (χ2n) is 4.35. The molecule has 2 nitrogen and oxygen atoms in total. The fourth-order valence-electron chi connectivity index (χ4n) is 1.98. The fourth-order valence-corrected chi connectivity index (χ4v) is 1.98. The molecule has 3 heteroatoms. The number of benzene rings is 1. The van der Waals surface area contributed by atoms with Gasteiger partial charge in [-0.3, -0.25) is 0 Å². The number of aliphatic hydroxyl groups is 1. The van der Waals surface area contributed by atoms with Crippen molar-refractivity contribution < 1.29 is 9.50 Å². The summed E-state index contributed by atoms with van der Waals surface area (Å²) >= 11 is 0. The van der Waals surface area contributed by atoms with E-state index >= 15 is 0 Å². The minimum Gasteiger partial charge on any atom is -0.388 e. The first-order valence-electron chi connectivity index (χ1n) is 5.31. The summed E-state index contributed by atoms with van der Waals surface area (Å²) in [7, 11) is 0. The molecule has 1 fully saturated rings. The maximum atomic E-state index is 13.4. The van der Waals surface area contributed by atoms with Crippen molar-refractivity contribution in [2.75, 3.05) is 6.54 Å². The zero-order chi connectivity index (χ0) is 10.9. The third kappa shape index (κ3) is 2.19. The van der Waals surface area contributed by atoms with E-state index in [0.29, 0.717) is 12.0 Å². The Bertz CT molecular complexity index is 351. The van der Waals surface area contributed by atoms with Crippen LogP contribution >= 0.6 is 0 Å². The molecule has 1 aromatic rings. The van der Waals surface area contributed by atoms with Crippen LogP contribution in [0.1, 0.15) is 18.4 Å². The van der Waals surface area contributed by atoms with Crippen molar-refractivity contribution in [3.05, 3.63) is 35.6 Å². The van der Waals surface area contributed by atoms with Crippen molar-refractivity contribution in [1.82, 2.24) is 0 Å². The van der Waals surface area contributed by atoms with Gasteiger partial charge in [0.05, 0.1) is 5.60 Å². The van der Waals surface area contributed by atoms with Crippen LogP contribution in [0.5, 0.6) is 0 Å². The minimum atomic E-state index is -0.914. The number of nitrogens with two attached hydrogens (primary N) is 1. The zero-order valence-corrected chi connectivity index (χ0v) is 8.62. The van der Waals surface area contributed by atoms with Crippen molar-refractivity contribution in [1.29, 1.82) is 0 Å². The standard InChI is InChI=1S/C12H16FNO/c13-11-4-2-1-3-9(11)7-12(15,8-14)10-5-6-10/h1-4,10,15H,5-8,14H2. The van der Waals surface area contributed by atoms with Crippen LogP contribution in [0.2, 0.25) is 0 Å². The summed E-state index contributed by atoms with van der Waals surface area (Å²) in [6, 6.07) is 6.55. The SMILES string of the molecule is NCC(O)(Cc1ccccc1F)C1CC1. The second kappa shape index (κ2) is 3.91. The molecular formula is C12H16FNO. The molecule has 15 heavy (non-hydrogen) atoms. The van der Waals surface area contributed by atoms with Crippen LogP contribution in [0.15, 0.2) is 24.3 Å². The summed E-state index contributed by atoms with van der Waals surface area (Å²) in [5, 5.41) is 10.2. The number of hydrogen-bond donors (Lipinski definition) is 2. The maximum Gasteiger partial charge on any atom is 0.126 e. The molecule has 0 heterocycles. The first kappa shape index (κ1) is 10.6. The molecule has 2 rings (SSSR count). The van der Waals surface area contributed by atoms with Gasteiger partial charge in [-0.1, -0.05) is 18.2 Å². The summed E-state index contributed by atoms with van der Waals surface area (Å²) in [5.41, 5.74) is 5.21. The first-order chi connectivity index (χ1) is 7.15. The Balaban J connectivity index is 2.16. The highest BCUT2D eigenvalue weighted by Gasteiger charge is 2.42. The summed E-state index contributed by atoms with van der Waals surface area (Å²) in [5.74, 6) is -0.00729. The molecule has 0 spiro atoms. The molecule has 1 aromatic carbocycles. The number of hydrogen-bond acceptors (Lipinski definition) is 2. The molecule has 3 N–H and O–H groups in total. The molecule has 0 aliphatic heterocycles. The summed E-state index contributed by atoms with van der Waals surface area (Å²) in [4.78, 5) is 0. The highest BCUT2D eigenvalue weighted by atomic mass is 19.1. The average Bonchev–Trinajstić information content (AvgIpc) is 3.05. The Morgan fingerprint density at radius 2 is 2.07 bits per heavy atom. The second-order valence-corrected chi connectivity index (χ2v) is 4.35. The predicted molar refractivity (Wildman–Crippen MR) is 56.8 cm³/mol. The van der Waals surface area contributed by atoms with E-state index in [2.05, 4.69) is 0 Å². The third-order valence-corrected chi connectivity index (χ3v) is 3.15. The molecule has 0 radical (unpaired) electrons. The van der Waals surface area contributed by atoms with Gasteiger partial charge in [-0.15, -0.1) is 0 Å². The largest absolute Gasteiger partial charge is 0.388 e. The fraction of sp³-hybridized carbons (Fsp3) is 0.500. The Morgan fingerprint density at radius 3 is 2.60 bits per heavy atom. The molecule has 0 bridgehead atoms. The van der Waals surface area contributed by atoms with Crippen molar-refractivity contribution in [3.8, 4) is 0 Å². The van der Waals surface area contributed by atoms with E-state index in [-0.39, 0.29) is 18.3 Å². The van der Waals surface area contributed by atoms with E-state index in [9.17, 15) is 9.50 Å². The molecule has 1 aliphatic carbocycles. The molecule has 82 valence electrons. The van der Waals surface area contributed by atoms with Gasteiger partial charge < -0.3 is 10.8 Å². The maximum absolute atomic E-state index is 13.4. The summed E-state index contributed by atoms with van der Waals surface area (Å²) in [6.07, 6.45) is 2.32. The van der Waals surface area contributed by atoms with Crippen LogP contribution in [-0.2, 0) is 6.42 Å². The third-order valence-electron chi connectivity index (χ3n) is 3.15. The van der Waals surface area contributed by atoms with Gasteiger partial charge in [0.1, 0.15) is 5.82 Å². The van der Waals surface area contributed by atoms with Crippen LogP contribution in [0, 0.1) is 11.7 Å². The highest BCUT2D eigenvalue weighted by Crippen LogP contribution is 2.41. The lowest BCUT2D eigenvalue weighted by molar-refractivity contribution is 0.0259. The van der Waals surface area contributed by atoms with Crippen molar-refractivity contribution >= 4 is 0 Å². The molecule has 1 saturated carbocycles. The summed E-state index contributed by atoms with van der Waals surface area (Å²) < 4.78 is 13.4. The predicted octanol–water partition coefficient (Wildman–Crippen LogP) is 1.47. The van der Waals surface area contributed by atoms with Crippen LogP contribution in [-0.4, -0.2) is 17.3 Å². The van der Waals surface area contributed by atoms with Gasteiger partial charge in [0.25, 0.3) is 0 Å². The topological polar surface area (TPSA) is 46.2 Å². The van der Waals surface area contributed by atoms with Gasteiger partial charge in [-0.25, -0.2) is 4.39 Å². The van der Waals surface area contributed by atoms with Crippen LogP contribution in [0.25, 0.3) is 0 Å². The Labute approximate surface area is 88.9 Å². The lowest BCUT2D eigenvalue weighted by Gasteiger charge is -2.26. The van der Waals surface area contributed by atoms with Gasteiger partial charge in [-0.2, -0.15) is 0 Å². The Morgan fingerprint density at radius 1 is 1.40 bits per heavy atom. The van der Waals surface area contributed by atoms with Crippen LogP contribution < -0.4 is 5.73 Å². The quantitative estimate of drug-likeness (QED) is 0.788. The molecular weight excluding hydrogens is 193 g/mol. The number of rotatable bonds is 4. The van der Waals surface area contributed by atoms with Crippen molar-refractivity contribution in [2.24, 2.45) is 11.7 Å². The van der Waals surface area contributed by atoms with E-state index in [0.717, 1.165) is 12.8 Å². The lowest BCUT2D eigenvalue weighted by Crippen LogP contribution is -2.42. The lowest BCUT2D eigenvalue weighted by atomic mass is 9.89. The average molecular weight is 209 g/mol. The van der Waals surface area contributed by atoms with Crippen molar-refractivity contribution in [2.45, 2.75) is 24.9 Å². The minimum absolute atomic E-state index is 0.200. The van der Waals surface area contributed by atoms with Gasteiger partial charge in [0, 0.05) is 13.0 Å². The van der Waals surface area contributed by atoms with E-state index in [4.69, 9.17) is 5.73 Å². The van der Waals surface area contributed by atoms with Crippen LogP contribution in [0.4, 0.5) is 4.39 Å². The Kier molecular flexibility index (Phi) is 2.76. The number of halogens is 1. The molecule has 1 atom stereocenters. The highest BCUT2D eigenvalue weighted by molar-refractivity contribution is 5.20.